The Labute approximate surface area is 95.3 Å². The van der Waals surface area contributed by atoms with Crippen molar-refractivity contribution in [1.82, 2.24) is 9.97 Å². The minimum atomic E-state index is 0.471. The van der Waals surface area contributed by atoms with E-state index in [1.54, 1.807) is 6.33 Å². The van der Waals surface area contributed by atoms with Crippen LogP contribution in [-0.2, 0) is 12.8 Å². The highest BCUT2D eigenvalue weighted by atomic mass is 35.5. The Hall–Kier alpha value is -0.830. The van der Waals surface area contributed by atoms with Crippen molar-refractivity contribution in [3.63, 3.8) is 0 Å². The Kier molecular flexibility index (Phi) is 3.41. The van der Waals surface area contributed by atoms with E-state index in [9.17, 15) is 0 Å². The van der Waals surface area contributed by atoms with Gasteiger partial charge in [-0.1, -0.05) is 6.92 Å². The van der Waals surface area contributed by atoms with Gasteiger partial charge in [-0.3, -0.25) is 0 Å². The molecule has 3 nitrogen and oxygen atoms in total. The lowest BCUT2D eigenvalue weighted by Gasteiger charge is -2.12. The molecule has 1 aliphatic rings. The Morgan fingerprint density at radius 3 is 3.13 bits per heavy atom. The minimum Gasteiger partial charge on any atom is -0.369 e. The summed E-state index contributed by atoms with van der Waals surface area (Å²) in [5.41, 5.74) is 2.52. The van der Waals surface area contributed by atoms with Crippen molar-refractivity contribution in [2.75, 3.05) is 17.7 Å². The van der Waals surface area contributed by atoms with Gasteiger partial charge in [-0.2, -0.15) is 0 Å². The zero-order chi connectivity index (χ0) is 10.7. The van der Waals surface area contributed by atoms with E-state index in [0.29, 0.717) is 11.8 Å². The molecule has 0 bridgehead atoms. The van der Waals surface area contributed by atoms with Crippen LogP contribution in [0.25, 0.3) is 0 Å². The van der Waals surface area contributed by atoms with Crippen LogP contribution in [0.2, 0.25) is 0 Å². The summed E-state index contributed by atoms with van der Waals surface area (Å²) in [7, 11) is 0. The fourth-order valence-electron chi connectivity index (χ4n) is 1.84. The summed E-state index contributed by atoms with van der Waals surface area (Å²) >= 11 is 5.76. The predicted octanol–water partition coefficient (Wildman–Crippen LogP) is 2.25. The van der Waals surface area contributed by atoms with Crippen molar-refractivity contribution in [3.05, 3.63) is 17.6 Å². The molecule has 1 atom stereocenters. The Bertz CT molecular complexity index is 341. The van der Waals surface area contributed by atoms with Gasteiger partial charge in [-0.15, -0.1) is 11.6 Å². The maximum Gasteiger partial charge on any atom is 0.132 e. The van der Waals surface area contributed by atoms with E-state index in [0.717, 1.165) is 25.2 Å². The second-order valence-corrected chi connectivity index (χ2v) is 4.45. The largest absolute Gasteiger partial charge is 0.369 e. The minimum absolute atomic E-state index is 0.471. The molecule has 0 radical (unpaired) electrons. The van der Waals surface area contributed by atoms with Gasteiger partial charge in [-0.05, 0) is 25.2 Å². The number of hydrogen-bond acceptors (Lipinski definition) is 3. The van der Waals surface area contributed by atoms with Crippen LogP contribution < -0.4 is 5.32 Å². The Morgan fingerprint density at radius 1 is 1.47 bits per heavy atom. The average molecular weight is 226 g/mol. The molecular formula is C11H16ClN3. The molecule has 0 saturated heterocycles. The first kappa shape index (κ1) is 10.7. The van der Waals surface area contributed by atoms with Gasteiger partial charge in [0.2, 0.25) is 0 Å². The highest BCUT2D eigenvalue weighted by molar-refractivity contribution is 6.18. The monoisotopic (exact) mass is 225 g/mol. The molecular weight excluding hydrogens is 210 g/mol. The van der Waals surface area contributed by atoms with Gasteiger partial charge in [0, 0.05) is 23.7 Å². The molecule has 1 aromatic rings. The van der Waals surface area contributed by atoms with Crippen molar-refractivity contribution in [2.24, 2.45) is 5.92 Å². The molecule has 1 unspecified atom stereocenters. The lowest BCUT2D eigenvalue weighted by molar-refractivity contribution is 0.693. The third-order valence-electron chi connectivity index (χ3n) is 2.76. The summed E-state index contributed by atoms with van der Waals surface area (Å²) in [6.07, 6.45) is 5.05. The highest BCUT2D eigenvalue weighted by Crippen LogP contribution is 2.25. The Balaban J connectivity index is 2.06. The molecule has 2 rings (SSSR count). The second kappa shape index (κ2) is 4.79. The summed E-state index contributed by atoms with van der Waals surface area (Å²) in [6, 6.07) is 0. The summed E-state index contributed by atoms with van der Waals surface area (Å²) in [5, 5.41) is 3.36. The van der Waals surface area contributed by atoms with Gasteiger partial charge in [0.25, 0.3) is 0 Å². The van der Waals surface area contributed by atoms with Crippen LogP contribution in [0.1, 0.15) is 24.6 Å². The van der Waals surface area contributed by atoms with Crippen molar-refractivity contribution in [1.29, 1.82) is 0 Å². The van der Waals surface area contributed by atoms with E-state index in [-0.39, 0.29) is 0 Å². The van der Waals surface area contributed by atoms with E-state index in [4.69, 9.17) is 11.6 Å². The zero-order valence-electron chi connectivity index (χ0n) is 8.96. The fourth-order valence-corrected chi connectivity index (χ4v) is 1.95. The van der Waals surface area contributed by atoms with Gasteiger partial charge in [0.05, 0.1) is 0 Å². The number of hydrogen-bond donors (Lipinski definition) is 1. The lowest BCUT2D eigenvalue weighted by atomic mass is 10.2. The molecule has 82 valence electrons. The zero-order valence-corrected chi connectivity index (χ0v) is 9.72. The van der Waals surface area contributed by atoms with Crippen LogP contribution in [0, 0.1) is 5.92 Å². The van der Waals surface area contributed by atoms with Gasteiger partial charge < -0.3 is 5.32 Å². The molecule has 1 aromatic heterocycles. The van der Waals surface area contributed by atoms with Crippen LogP contribution in [0.4, 0.5) is 5.82 Å². The molecule has 1 aliphatic carbocycles. The molecule has 4 heteroatoms. The van der Waals surface area contributed by atoms with E-state index < -0.39 is 0 Å². The van der Waals surface area contributed by atoms with E-state index in [1.165, 1.54) is 17.7 Å². The van der Waals surface area contributed by atoms with E-state index in [2.05, 4.69) is 22.2 Å². The molecule has 0 aromatic carbocycles. The highest BCUT2D eigenvalue weighted by Gasteiger charge is 2.16. The van der Waals surface area contributed by atoms with Crippen LogP contribution in [0.3, 0.4) is 0 Å². The molecule has 0 aliphatic heterocycles. The molecule has 0 amide bonds. The molecule has 15 heavy (non-hydrogen) atoms. The van der Waals surface area contributed by atoms with E-state index >= 15 is 0 Å². The molecule has 0 spiro atoms. The van der Waals surface area contributed by atoms with Crippen LogP contribution in [0.15, 0.2) is 6.33 Å². The number of fused-ring (bicyclic) bond motifs is 1. The molecule has 0 fully saturated rings. The first-order chi connectivity index (χ1) is 7.31. The average Bonchev–Trinajstić information content (AvgIpc) is 2.74. The smallest absolute Gasteiger partial charge is 0.132 e. The number of aryl methyl sites for hydroxylation is 1. The predicted molar refractivity (Wildman–Crippen MR) is 62.4 cm³/mol. The number of nitrogens with zero attached hydrogens (tertiary/aromatic N) is 2. The quantitative estimate of drug-likeness (QED) is 0.799. The number of nitrogens with one attached hydrogen (secondary N) is 1. The number of aromatic nitrogens is 2. The summed E-state index contributed by atoms with van der Waals surface area (Å²) in [4.78, 5) is 8.58. The summed E-state index contributed by atoms with van der Waals surface area (Å²) in [6.45, 7) is 3.01. The van der Waals surface area contributed by atoms with Crippen LogP contribution in [-0.4, -0.2) is 22.4 Å². The molecule has 1 heterocycles. The second-order valence-electron chi connectivity index (χ2n) is 4.14. The third kappa shape index (κ3) is 2.40. The summed E-state index contributed by atoms with van der Waals surface area (Å²) in [5.74, 6) is 2.16. The topological polar surface area (TPSA) is 37.8 Å². The van der Waals surface area contributed by atoms with Gasteiger partial charge in [0.1, 0.15) is 12.1 Å². The number of rotatable bonds is 4. The van der Waals surface area contributed by atoms with Gasteiger partial charge >= 0.3 is 0 Å². The van der Waals surface area contributed by atoms with Crippen molar-refractivity contribution in [3.8, 4) is 0 Å². The first-order valence-electron chi connectivity index (χ1n) is 5.44. The van der Waals surface area contributed by atoms with Crippen molar-refractivity contribution in [2.45, 2.75) is 26.2 Å². The normalized spacial score (nSPS) is 16.1. The standard InChI is InChI=1S/C11H16ClN3/c1-8(5-12)6-13-11-9-3-2-4-10(9)14-7-15-11/h7-8H,2-6H2,1H3,(H,13,14,15). The van der Waals surface area contributed by atoms with Gasteiger partial charge in [-0.25, -0.2) is 9.97 Å². The van der Waals surface area contributed by atoms with Crippen LogP contribution in [0.5, 0.6) is 0 Å². The molecule has 0 saturated carbocycles. The maximum absolute atomic E-state index is 5.76. The number of halogens is 1. The number of alkyl halides is 1. The third-order valence-corrected chi connectivity index (χ3v) is 3.28. The summed E-state index contributed by atoms with van der Waals surface area (Å²) < 4.78 is 0. The van der Waals surface area contributed by atoms with E-state index in [1.807, 2.05) is 0 Å². The molecule has 1 N–H and O–H groups in total. The fraction of sp³-hybridized carbons (Fsp3) is 0.636. The SMILES string of the molecule is CC(CCl)CNc1ncnc2c1CCC2. The lowest BCUT2D eigenvalue weighted by Crippen LogP contribution is -2.14. The Morgan fingerprint density at radius 2 is 2.33 bits per heavy atom. The van der Waals surface area contributed by atoms with Crippen molar-refractivity contribution >= 4 is 17.4 Å². The number of anilines is 1. The van der Waals surface area contributed by atoms with Gasteiger partial charge in [0.15, 0.2) is 0 Å². The first-order valence-corrected chi connectivity index (χ1v) is 5.97. The maximum atomic E-state index is 5.76. The van der Waals surface area contributed by atoms with Crippen molar-refractivity contribution < 1.29 is 0 Å². The van der Waals surface area contributed by atoms with Crippen LogP contribution >= 0.6 is 11.6 Å².